The third-order valence-electron chi connectivity index (χ3n) is 4.94. The Morgan fingerprint density at radius 2 is 1.81 bits per heavy atom. The number of fused-ring (bicyclic) bond motifs is 2. The number of anilines is 1. The summed E-state index contributed by atoms with van der Waals surface area (Å²) in [6, 6.07) is 21.8. The summed E-state index contributed by atoms with van der Waals surface area (Å²) < 4.78 is 5.50. The molecule has 0 unspecified atom stereocenters. The smallest absolute Gasteiger partial charge is 0.294 e. The molecule has 0 aliphatic carbocycles. The molecule has 5 rings (SSSR count). The van der Waals surface area contributed by atoms with Crippen molar-refractivity contribution in [3.8, 4) is 0 Å². The molecule has 1 amide bonds. The molecule has 4 nitrogen and oxygen atoms in total. The highest BCUT2D eigenvalue weighted by atomic mass is 16.3. The van der Waals surface area contributed by atoms with Gasteiger partial charge in [-0.05, 0) is 23.8 Å². The van der Waals surface area contributed by atoms with Crippen LogP contribution in [0.4, 0.5) is 5.69 Å². The molecule has 0 bridgehead atoms. The predicted molar refractivity (Wildman–Crippen MR) is 100 cm³/mol. The molecule has 4 aromatic rings. The molecule has 0 N–H and O–H groups in total. The Morgan fingerprint density at radius 1 is 0.962 bits per heavy atom. The number of carbonyl (C=O) groups excluding carboxylic acids is 1. The molecule has 0 saturated carbocycles. The van der Waals surface area contributed by atoms with Gasteiger partial charge in [0, 0.05) is 23.6 Å². The molecule has 0 saturated heterocycles. The van der Waals surface area contributed by atoms with Gasteiger partial charge >= 0.3 is 0 Å². The van der Waals surface area contributed by atoms with Gasteiger partial charge < -0.3 is 4.42 Å². The molecule has 1 aliphatic rings. The highest BCUT2D eigenvalue weighted by Crippen LogP contribution is 2.39. The van der Waals surface area contributed by atoms with E-state index in [0.29, 0.717) is 12.2 Å². The Kier molecular flexibility index (Phi) is 3.35. The molecule has 126 valence electrons. The van der Waals surface area contributed by atoms with E-state index in [0.717, 1.165) is 27.7 Å². The Balaban J connectivity index is 1.74. The number of aromatic nitrogens is 1. The zero-order chi connectivity index (χ0) is 17.5. The molecule has 1 aliphatic heterocycles. The quantitative estimate of drug-likeness (QED) is 0.528. The van der Waals surface area contributed by atoms with E-state index in [4.69, 9.17) is 4.42 Å². The molecule has 0 radical (unpaired) electrons. The number of para-hydroxylation sites is 1. The summed E-state index contributed by atoms with van der Waals surface area (Å²) in [6.45, 7) is 0. The zero-order valence-electron chi connectivity index (χ0n) is 14.0. The number of pyridine rings is 1. The Morgan fingerprint density at radius 3 is 2.69 bits per heavy atom. The largest absolute Gasteiger partial charge is 0.459 e. The first-order chi connectivity index (χ1) is 12.8. The van der Waals surface area contributed by atoms with Crippen molar-refractivity contribution in [2.75, 3.05) is 4.90 Å². The maximum Gasteiger partial charge on any atom is 0.294 e. The minimum Gasteiger partial charge on any atom is -0.459 e. The first-order valence-corrected chi connectivity index (χ1v) is 8.61. The Labute approximate surface area is 150 Å². The van der Waals surface area contributed by atoms with Crippen molar-refractivity contribution < 1.29 is 9.21 Å². The van der Waals surface area contributed by atoms with E-state index in [1.54, 1.807) is 12.5 Å². The SMILES string of the molecule is O=C1c2occc2C[C@H](c2ccccc2)N1c1cccc2cccnc12. The van der Waals surface area contributed by atoms with Crippen LogP contribution >= 0.6 is 0 Å². The maximum absolute atomic E-state index is 13.3. The van der Waals surface area contributed by atoms with Gasteiger partial charge in [0.1, 0.15) is 0 Å². The number of hydrogen-bond donors (Lipinski definition) is 0. The average molecular weight is 340 g/mol. The lowest BCUT2D eigenvalue weighted by Gasteiger charge is -2.35. The van der Waals surface area contributed by atoms with Gasteiger partial charge in [-0.2, -0.15) is 0 Å². The predicted octanol–water partition coefficient (Wildman–Crippen LogP) is 4.77. The van der Waals surface area contributed by atoms with Gasteiger partial charge in [0.05, 0.1) is 23.5 Å². The summed E-state index contributed by atoms with van der Waals surface area (Å²) in [4.78, 5) is 19.7. The van der Waals surface area contributed by atoms with Crippen LogP contribution in [0.5, 0.6) is 0 Å². The van der Waals surface area contributed by atoms with Crippen LogP contribution in [0.3, 0.4) is 0 Å². The summed E-state index contributed by atoms with van der Waals surface area (Å²) in [6.07, 6.45) is 4.07. The van der Waals surface area contributed by atoms with Crippen LogP contribution in [0, 0.1) is 0 Å². The fourth-order valence-corrected chi connectivity index (χ4v) is 3.74. The lowest BCUT2D eigenvalue weighted by atomic mass is 9.92. The lowest BCUT2D eigenvalue weighted by Crippen LogP contribution is -2.40. The van der Waals surface area contributed by atoms with Crippen LogP contribution in [0.1, 0.15) is 27.7 Å². The number of carbonyl (C=O) groups is 1. The number of nitrogens with zero attached hydrogens (tertiary/aromatic N) is 2. The zero-order valence-corrected chi connectivity index (χ0v) is 14.0. The van der Waals surface area contributed by atoms with Gasteiger partial charge in [0.2, 0.25) is 0 Å². The molecule has 4 heteroatoms. The number of benzene rings is 2. The molecule has 0 spiro atoms. The van der Waals surface area contributed by atoms with Crippen LogP contribution in [0.25, 0.3) is 10.9 Å². The summed E-state index contributed by atoms with van der Waals surface area (Å²) in [5.74, 6) is 0.299. The molecule has 0 fully saturated rings. The second-order valence-electron chi connectivity index (χ2n) is 6.43. The molecule has 26 heavy (non-hydrogen) atoms. The van der Waals surface area contributed by atoms with E-state index in [1.807, 2.05) is 59.5 Å². The van der Waals surface area contributed by atoms with E-state index in [9.17, 15) is 4.79 Å². The normalized spacial score (nSPS) is 16.7. The average Bonchev–Trinajstić information content (AvgIpc) is 3.17. The van der Waals surface area contributed by atoms with Crippen LogP contribution in [-0.2, 0) is 6.42 Å². The van der Waals surface area contributed by atoms with Gasteiger partial charge in [-0.15, -0.1) is 0 Å². The minimum absolute atomic E-state index is 0.0959. The minimum atomic E-state index is -0.122. The van der Waals surface area contributed by atoms with Crippen molar-refractivity contribution in [2.24, 2.45) is 0 Å². The second kappa shape index (κ2) is 5.85. The molecule has 2 aromatic carbocycles. The number of amides is 1. The van der Waals surface area contributed by atoms with Crippen molar-refractivity contribution in [3.63, 3.8) is 0 Å². The van der Waals surface area contributed by atoms with Crippen LogP contribution < -0.4 is 4.90 Å². The third kappa shape index (κ3) is 2.23. The Hall–Kier alpha value is -3.40. The highest BCUT2D eigenvalue weighted by Gasteiger charge is 2.37. The molecular weight excluding hydrogens is 324 g/mol. The van der Waals surface area contributed by atoms with E-state index in [2.05, 4.69) is 17.1 Å². The fourth-order valence-electron chi connectivity index (χ4n) is 3.74. The van der Waals surface area contributed by atoms with Crippen molar-refractivity contribution in [3.05, 3.63) is 96.1 Å². The molecule has 1 atom stereocenters. The summed E-state index contributed by atoms with van der Waals surface area (Å²) >= 11 is 0. The van der Waals surface area contributed by atoms with Crippen molar-refractivity contribution in [1.82, 2.24) is 4.98 Å². The van der Waals surface area contributed by atoms with Crippen LogP contribution in [0.15, 0.2) is 83.6 Å². The van der Waals surface area contributed by atoms with Gasteiger partial charge in [-0.25, -0.2) is 0 Å². The Bertz CT molecular complexity index is 1100. The summed E-state index contributed by atoms with van der Waals surface area (Å²) in [5.41, 5.74) is 3.68. The van der Waals surface area contributed by atoms with Gasteiger partial charge in [0.15, 0.2) is 5.76 Å². The number of furan rings is 1. The first kappa shape index (κ1) is 14.9. The van der Waals surface area contributed by atoms with E-state index in [1.165, 1.54) is 0 Å². The van der Waals surface area contributed by atoms with Crippen LogP contribution in [-0.4, -0.2) is 10.9 Å². The monoisotopic (exact) mass is 340 g/mol. The van der Waals surface area contributed by atoms with Gasteiger partial charge in [-0.1, -0.05) is 48.5 Å². The van der Waals surface area contributed by atoms with Gasteiger partial charge in [-0.3, -0.25) is 14.7 Å². The standard InChI is InChI=1S/C22H16N2O2/c25-22-21-17(11-13-26-21)14-19(15-6-2-1-3-7-15)24(22)18-10-4-8-16-9-5-12-23-20(16)18/h1-13,19H,14H2/t19-/m1/s1. The highest BCUT2D eigenvalue weighted by molar-refractivity contribution is 6.10. The van der Waals surface area contributed by atoms with Gasteiger partial charge in [0.25, 0.3) is 5.91 Å². The third-order valence-corrected chi connectivity index (χ3v) is 4.94. The van der Waals surface area contributed by atoms with Crippen molar-refractivity contribution in [2.45, 2.75) is 12.5 Å². The molecule has 2 aromatic heterocycles. The first-order valence-electron chi connectivity index (χ1n) is 8.61. The number of hydrogen-bond acceptors (Lipinski definition) is 3. The summed E-state index contributed by atoms with van der Waals surface area (Å²) in [5, 5.41) is 1.01. The van der Waals surface area contributed by atoms with Crippen LogP contribution in [0.2, 0.25) is 0 Å². The molecular formula is C22H16N2O2. The maximum atomic E-state index is 13.3. The van der Waals surface area contributed by atoms with E-state index >= 15 is 0 Å². The fraction of sp³-hybridized carbons (Fsp3) is 0.0909. The second-order valence-corrected chi connectivity index (χ2v) is 6.43. The van der Waals surface area contributed by atoms with Crippen molar-refractivity contribution >= 4 is 22.5 Å². The van der Waals surface area contributed by atoms with E-state index < -0.39 is 0 Å². The van der Waals surface area contributed by atoms with Crippen molar-refractivity contribution in [1.29, 1.82) is 0 Å². The lowest BCUT2D eigenvalue weighted by molar-refractivity contribution is 0.0938. The summed E-state index contributed by atoms with van der Waals surface area (Å²) in [7, 11) is 0. The van der Waals surface area contributed by atoms with E-state index in [-0.39, 0.29) is 11.9 Å². The topological polar surface area (TPSA) is 46.3 Å². The molecule has 3 heterocycles. The number of rotatable bonds is 2.